The predicted octanol–water partition coefficient (Wildman–Crippen LogP) is -1.04. The third-order valence-electron chi connectivity index (χ3n) is 0.854. The van der Waals surface area contributed by atoms with E-state index in [0.717, 1.165) is 0 Å². The second-order valence-corrected chi connectivity index (χ2v) is 2.43. The minimum atomic E-state index is -1.03. The Bertz CT molecular complexity index is 171. The Labute approximate surface area is 58.4 Å². The van der Waals surface area contributed by atoms with Crippen molar-refractivity contribution < 1.29 is 0 Å². The quantitative estimate of drug-likeness (QED) is 0.259. The fourth-order valence-corrected chi connectivity index (χ4v) is 0.713. The average Bonchev–Trinajstić information content (AvgIpc) is 1.60. The Morgan fingerprint density at radius 1 is 1.78 bits per heavy atom. The molecule has 1 unspecified atom stereocenters. The minimum absolute atomic E-state index is 0.475. The number of nitrogens with one attached hydrogen (secondary N) is 1. The zero-order valence-electron chi connectivity index (χ0n) is 4.70. The maximum atomic E-state index is 5.40. The highest BCUT2D eigenvalue weighted by Crippen LogP contribution is 2.06. The van der Waals surface area contributed by atoms with Crippen molar-refractivity contribution in [2.75, 3.05) is 0 Å². The summed E-state index contributed by atoms with van der Waals surface area (Å²) in [6.07, 6.45) is 3.13. The molecule has 1 atom stereocenters. The molecule has 1 rings (SSSR count). The van der Waals surface area contributed by atoms with Crippen molar-refractivity contribution in [3.63, 3.8) is 0 Å². The SMILES string of the molecule is NC1=CC=NC(N)(S)N1. The van der Waals surface area contributed by atoms with Crippen molar-refractivity contribution in [3.05, 3.63) is 11.9 Å². The summed E-state index contributed by atoms with van der Waals surface area (Å²) in [5.74, 6) is 0.475. The lowest BCUT2D eigenvalue weighted by Gasteiger charge is -2.23. The van der Waals surface area contributed by atoms with Crippen LogP contribution in [-0.4, -0.2) is 11.3 Å². The monoisotopic (exact) mass is 144 g/mol. The van der Waals surface area contributed by atoms with Gasteiger partial charge >= 0.3 is 0 Å². The number of nitrogens with zero attached hydrogens (tertiary/aromatic N) is 1. The maximum Gasteiger partial charge on any atom is 0.230 e. The Morgan fingerprint density at radius 3 is 2.78 bits per heavy atom. The van der Waals surface area contributed by atoms with E-state index in [1.165, 1.54) is 6.21 Å². The van der Waals surface area contributed by atoms with Crippen LogP contribution in [0, 0.1) is 0 Å². The first kappa shape index (κ1) is 6.44. The van der Waals surface area contributed by atoms with Crippen LogP contribution in [0.2, 0.25) is 0 Å². The molecule has 0 saturated heterocycles. The standard InChI is InChI=1S/C4H8N4S/c5-3-1-2-7-4(6,9)8-3/h1-2,8-9H,5-6H2. The van der Waals surface area contributed by atoms with Gasteiger partial charge in [-0.05, 0) is 6.08 Å². The third-order valence-corrected chi connectivity index (χ3v) is 1.08. The average molecular weight is 144 g/mol. The highest BCUT2D eigenvalue weighted by molar-refractivity contribution is 7.81. The van der Waals surface area contributed by atoms with Crippen molar-refractivity contribution in [3.8, 4) is 0 Å². The van der Waals surface area contributed by atoms with Crippen molar-refractivity contribution in [2.45, 2.75) is 5.12 Å². The fourth-order valence-electron chi connectivity index (χ4n) is 0.518. The van der Waals surface area contributed by atoms with E-state index in [0.29, 0.717) is 5.82 Å². The molecule has 0 amide bonds. The van der Waals surface area contributed by atoms with Gasteiger partial charge in [0.2, 0.25) is 5.12 Å². The van der Waals surface area contributed by atoms with Crippen molar-refractivity contribution in [1.82, 2.24) is 5.32 Å². The molecule has 0 bridgehead atoms. The van der Waals surface area contributed by atoms with Gasteiger partial charge in [0.15, 0.2) is 0 Å². The molecule has 50 valence electrons. The van der Waals surface area contributed by atoms with Crippen molar-refractivity contribution in [1.29, 1.82) is 0 Å². The molecule has 0 aliphatic carbocycles. The van der Waals surface area contributed by atoms with E-state index in [2.05, 4.69) is 22.9 Å². The summed E-state index contributed by atoms with van der Waals surface area (Å²) >= 11 is 3.93. The molecular weight excluding hydrogens is 136 g/mol. The van der Waals surface area contributed by atoms with Crippen LogP contribution < -0.4 is 16.8 Å². The summed E-state index contributed by atoms with van der Waals surface area (Å²) in [6.45, 7) is 0. The van der Waals surface area contributed by atoms with Crippen LogP contribution >= 0.6 is 12.6 Å². The third kappa shape index (κ3) is 1.62. The van der Waals surface area contributed by atoms with E-state index >= 15 is 0 Å². The summed E-state index contributed by atoms with van der Waals surface area (Å²) in [5, 5.41) is 1.61. The Balaban J connectivity index is 2.73. The summed E-state index contributed by atoms with van der Waals surface area (Å²) in [5.41, 5.74) is 10.7. The first-order valence-corrected chi connectivity index (χ1v) is 2.85. The smallest absolute Gasteiger partial charge is 0.230 e. The van der Waals surface area contributed by atoms with Gasteiger partial charge in [-0.3, -0.25) is 5.73 Å². The molecule has 5 N–H and O–H groups in total. The molecule has 0 aromatic heterocycles. The minimum Gasteiger partial charge on any atom is -0.385 e. The Morgan fingerprint density at radius 2 is 2.44 bits per heavy atom. The van der Waals surface area contributed by atoms with Gasteiger partial charge in [-0.25, -0.2) is 4.99 Å². The van der Waals surface area contributed by atoms with Crippen LogP contribution in [0.3, 0.4) is 0 Å². The summed E-state index contributed by atoms with van der Waals surface area (Å²) in [4.78, 5) is 3.76. The lowest BCUT2D eigenvalue weighted by Crippen LogP contribution is -2.49. The van der Waals surface area contributed by atoms with Gasteiger partial charge in [0.05, 0.1) is 0 Å². The number of hydrogen-bond donors (Lipinski definition) is 4. The molecule has 0 fully saturated rings. The number of nitrogens with two attached hydrogens (primary N) is 2. The largest absolute Gasteiger partial charge is 0.385 e. The fraction of sp³-hybridized carbons (Fsp3) is 0.250. The zero-order valence-corrected chi connectivity index (χ0v) is 5.60. The highest BCUT2D eigenvalue weighted by atomic mass is 32.1. The molecule has 1 heterocycles. The highest BCUT2D eigenvalue weighted by Gasteiger charge is 2.17. The molecule has 1 aliphatic heterocycles. The number of thiol groups is 1. The molecular formula is C4H8N4S. The zero-order chi connectivity index (χ0) is 6.91. The van der Waals surface area contributed by atoms with Gasteiger partial charge in [0, 0.05) is 6.21 Å². The second kappa shape index (κ2) is 1.93. The maximum absolute atomic E-state index is 5.40. The molecule has 0 radical (unpaired) electrons. The molecule has 9 heavy (non-hydrogen) atoms. The lowest BCUT2D eigenvalue weighted by atomic mass is 10.5. The van der Waals surface area contributed by atoms with Gasteiger partial charge in [0.25, 0.3) is 0 Å². The first-order chi connectivity index (χ1) is 4.10. The summed E-state index contributed by atoms with van der Waals surface area (Å²) in [7, 11) is 0. The molecule has 0 saturated carbocycles. The Kier molecular flexibility index (Phi) is 1.38. The van der Waals surface area contributed by atoms with E-state index in [9.17, 15) is 0 Å². The predicted molar refractivity (Wildman–Crippen MR) is 39.8 cm³/mol. The van der Waals surface area contributed by atoms with E-state index in [4.69, 9.17) is 11.5 Å². The molecule has 4 nitrogen and oxygen atoms in total. The normalized spacial score (nSPS) is 33.3. The molecule has 1 aliphatic rings. The number of rotatable bonds is 0. The van der Waals surface area contributed by atoms with E-state index in [1.54, 1.807) is 6.08 Å². The van der Waals surface area contributed by atoms with Crippen LogP contribution in [-0.2, 0) is 0 Å². The summed E-state index contributed by atoms with van der Waals surface area (Å²) in [6, 6.07) is 0. The van der Waals surface area contributed by atoms with E-state index < -0.39 is 5.12 Å². The van der Waals surface area contributed by atoms with Gasteiger partial charge in [-0.1, -0.05) is 0 Å². The van der Waals surface area contributed by atoms with Crippen molar-refractivity contribution >= 4 is 18.8 Å². The van der Waals surface area contributed by atoms with Crippen LogP contribution in [0.5, 0.6) is 0 Å². The van der Waals surface area contributed by atoms with Gasteiger partial charge in [0.1, 0.15) is 5.82 Å². The molecule has 0 spiro atoms. The number of aliphatic imine (C=N–C) groups is 1. The first-order valence-electron chi connectivity index (χ1n) is 2.40. The lowest BCUT2D eigenvalue weighted by molar-refractivity contribution is 0.555. The van der Waals surface area contributed by atoms with Crippen molar-refractivity contribution in [2.24, 2.45) is 16.5 Å². The second-order valence-electron chi connectivity index (χ2n) is 1.75. The van der Waals surface area contributed by atoms with Crippen LogP contribution in [0.1, 0.15) is 0 Å². The van der Waals surface area contributed by atoms with E-state index in [-0.39, 0.29) is 0 Å². The van der Waals surface area contributed by atoms with Gasteiger partial charge < -0.3 is 11.1 Å². The van der Waals surface area contributed by atoms with Crippen LogP contribution in [0.25, 0.3) is 0 Å². The van der Waals surface area contributed by atoms with Crippen LogP contribution in [0.15, 0.2) is 16.9 Å². The van der Waals surface area contributed by atoms with Gasteiger partial charge in [-0.15, -0.1) is 12.6 Å². The molecule has 5 heteroatoms. The Hall–Kier alpha value is -0.680. The summed E-state index contributed by atoms with van der Waals surface area (Å²) < 4.78 is 0. The topological polar surface area (TPSA) is 76.4 Å². The van der Waals surface area contributed by atoms with Gasteiger partial charge in [-0.2, -0.15) is 0 Å². The van der Waals surface area contributed by atoms with E-state index in [1.807, 2.05) is 0 Å². The molecule has 0 aromatic carbocycles. The molecule has 0 aromatic rings. The number of allylic oxidation sites excluding steroid dienone is 1. The number of hydrogen-bond acceptors (Lipinski definition) is 5. The van der Waals surface area contributed by atoms with Crippen LogP contribution in [0.4, 0.5) is 0 Å².